The molecule has 0 radical (unpaired) electrons. The molecule has 1 fully saturated rings. The van der Waals surface area contributed by atoms with Crippen LogP contribution >= 0.6 is 0 Å². The van der Waals surface area contributed by atoms with Gasteiger partial charge in [-0.1, -0.05) is 6.92 Å². The van der Waals surface area contributed by atoms with Crippen LogP contribution in [0.4, 0.5) is 0 Å². The maximum atomic E-state index is 5.66. The van der Waals surface area contributed by atoms with E-state index in [4.69, 9.17) is 5.73 Å². The van der Waals surface area contributed by atoms with E-state index >= 15 is 0 Å². The maximum Gasteiger partial charge on any atom is 0.0434 e. The molecule has 0 saturated carbocycles. The smallest absolute Gasteiger partial charge is 0.0434 e. The highest BCUT2D eigenvalue weighted by Gasteiger charge is 2.21. The molecule has 2 N–H and O–H groups in total. The van der Waals surface area contributed by atoms with E-state index in [0.29, 0.717) is 6.04 Å². The van der Waals surface area contributed by atoms with Crippen molar-refractivity contribution in [1.82, 2.24) is 9.80 Å². The van der Waals surface area contributed by atoms with E-state index in [2.05, 4.69) is 30.6 Å². The summed E-state index contributed by atoms with van der Waals surface area (Å²) in [5.74, 6) is 0. The summed E-state index contributed by atoms with van der Waals surface area (Å²) in [6.07, 6.45) is 2.96. The van der Waals surface area contributed by atoms with E-state index in [1.165, 1.54) is 12.1 Å². The molecule has 82 valence electrons. The lowest BCUT2D eigenvalue weighted by Crippen LogP contribution is -2.47. The van der Waals surface area contributed by atoms with Crippen molar-refractivity contribution in [2.24, 2.45) is 5.73 Å². The molecule has 0 aliphatic carbocycles. The monoisotopic (exact) mass is 197 g/mol. The summed E-state index contributed by atoms with van der Waals surface area (Å²) in [5.41, 5.74) is 6.94. The quantitative estimate of drug-likeness (QED) is 0.738. The van der Waals surface area contributed by atoms with Gasteiger partial charge in [0.2, 0.25) is 0 Å². The first-order valence-corrected chi connectivity index (χ1v) is 5.58. The van der Waals surface area contributed by atoms with Crippen LogP contribution in [0.2, 0.25) is 0 Å². The Hall–Kier alpha value is -0.700. The zero-order chi connectivity index (χ0) is 10.6. The molecule has 0 amide bonds. The van der Waals surface area contributed by atoms with Gasteiger partial charge in [-0.3, -0.25) is 4.90 Å². The number of rotatable bonds is 3. The van der Waals surface area contributed by atoms with Crippen LogP contribution in [0.3, 0.4) is 0 Å². The highest BCUT2D eigenvalue weighted by Crippen LogP contribution is 2.14. The average Bonchev–Trinajstić information content (AvgIpc) is 2.18. The van der Waals surface area contributed by atoms with Gasteiger partial charge in [-0.25, -0.2) is 0 Å². The van der Waals surface area contributed by atoms with Gasteiger partial charge in [0.15, 0.2) is 0 Å². The van der Waals surface area contributed by atoms with E-state index in [9.17, 15) is 0 Å². The molecule has 0 atom stereocenters. The lowest BCUT2D eigenvalue weighted by atomic mass is 10.2. The summed E-state index contributed by atoms with van der Waals surface area (Å²) >= 11 is 0. The first-order chi connectivity index (χ1) is 6.69. The molecule has 3 heteroatoms. The van der Waals surface area contributed by atoms with Crippen molar-refractivity contribution in [3.63, 3.8) is 0 Å². The summed E-state index contributed by atoms with van der Waals surface area (Å²) in [7, 11) is 0. The maximum absolute atomic E-state index is 5.66. The van der Waals surface area contributed by atoms with Crippen molar-refractivity contribution >= 4 is 0 Å². The molecule has 1 aliphatic heterocycles. The lowest BCUT2D eigenvalue weighted by molar-refractivity contribution is 0.147. The van der Waals surface area contributed by atoms with Crippen molar-refractivity contribution < 1.29 is 0 Å². The molecule has 0 aromatic heterocycles. The summed E-state index contributed by atoms with van der Waals surface area (Å²) in [4.78, 5) is 4.86. The topological polar surface area (TPSA) is 32.5 Å². The second-order valence-electron chi connectivity index (χ2n) is 4.21. The third kappa shape index (κ3) is 2.64. The van der Waals surface area contributed by atoms with Crippen molar-refractivity contribution in [1.29, 1.82) is 0 Å². The minimum Gasteiger partial charge on any atom is -0.403 e. The normalized spacial score (nSPS) is 22.3. The Morgan fingerprint density at radius 3 is 2.64 bits per heavy atom. The molecule has 0 aromatic rings. The molecule has 0 bridgehead atoms. The van der Waals surface area contributed by atoms with Crippen molar-refractivity contribution in [2.45, 2.75) is 33.2 Å². The fourth-order valence-electron chi connectivity index (χ4n) is 1.90. The first kappa shape index (κ1) is 11.4. The predicted octanol–water partition coefficient (Wildman–Crippen LogP) is 1.22. The third-order valence-electron chi connectivity index (χ3n) is 2.84. The number of piperazine rings is 1. The predicted molar refractivity (Wildman–Crippen MR) is 60.8 cm³/mol. The van der Waals surface area contributed by atoms with Gasteiger partial charge in [-0.15, -0.1) is 0 Å². The van der Waals surface area contributed by atoms with Gasteiger partial charge in [0, 0.05) is 44.1 Å². The van der Waals surface area contributed by atoms with E-state index in [-0.39, 0.29) is 0 Å². The van der Waals surface area contributed by atoms with Crippen molar-refractivity contribution in [3.8, 4) is 0 Å². The second-order valence-corrected chi connectivity index (χ2v) is 4.21. The number of nitrogens with two attached hydrogens (primary N) is 1. The van der Waals surface area contributed by atoms with Crippen LogP contribution in [0.5, 0.6) is 0 Å². The molecule has 0 unspecified atom stereocenters. The van der Waals surface area contributed by atoms with E-state index in [1.807, 2.05) is 0 Å². The summed E-state index contributed by atoms with van der Waals surface area (Å²) < 4.78 is 0. The van der Waals surface area contributed by atoms with Gasteiger partial charge in [0.25, 0.3) is 0 Å². The van der Waals surface area contributed by atoms with Gasteiger partial charge < -0.3 is 10.6 Å². The molecule has 1 rings (SSSR count). The molecule has 0 spiro atoms. The molecule has 0 aromatic carbocycles. The Bertz CT molecular complexity index is 199. The van der Waals surface area contributed by atoms with Gasteiger partial charge in [0.05, 0.1) is 0 Å². The van der Waals surface area contributed by atoms with Crippen molar-refractivity contribution in [2.75, 3.05) is 26.2 Å². The third-order valence-corrected chi connectivity index (χ3v) is 2.84. The van der Waals surface area contributed by atoms with Crippen LogP contribution in [-0.2, 0) is 0 Å². The molecule has 3 nitrogen and oxygen atoms in total. The molecular weight excluding hydrogens is 174 g/mol. The Labute approximate surface area is 87.6 Å². The minimum absolute atomic E-state index is 0.619. The summed E-state index contributed by atoms with van der Waals surface area (Å²) in [6.45, 7) is 11.1. The fraction of sp³-hybridized carbons (Fsp3) is 0.818. The summed E-state index contributed by atoms with van der Waals surface area (Å²) in [5, 5.41) is 0. The molecule has 1 aliphatic rings. The zero-order valence-electron chi connectivity index (χ0n) is 9.66. The van der Waals surface area contributed by atoms with E-state index < -0.39 is 0 Å². The van der Waals surface area contributed by atoms with Crippen LogP contribution in [-0.4, -0.2) is 42.0 Å². The van der Waals surface area contributed by atoms with Crippen molar-refractivity contribution in [3.05, 3.63) is 11.9 Å². The van der Waals surface area contributed by atoms with Gasteiger partial charge in [0.1, 0.15) is 0 Å². The zero-order valence-corrected chi connectivity index (χ0v) is 9.66. The Balaban J connectivity index is 2.55. The highest BCUT2D eigenvalue weighted by molar-refractivity contribution is 5.05. The van der Waals surface area contributed by atoms with Crippen LogP contribution < -0.4 is 5.73 Å². The molecular formula is C11H23N3. The Morgan fingerprint density at radius 2 is 2.14 bits per heavy atom. The number of hydrogen-bond acceptors (Lipinski definition) is 3. The van der Waals surface area contributed by atoms with E-state index in [0.717, 1.165) is 26.2 Å². The minimum atomic E-state index is 0.619. The first-order valence-electron chi connectivity index (χ1n) is 5.58. The Morgan fingerprint density at radius 1 is 1.43 bits per heavy atom. The largest absolute Gasteiger partial charge is 0.403 e. The number of nitrogens with zero attached hydrogens (tertiary/aromatic N) is 2. The molecule has 1 heterocycles. The highest BCUT2D eigenvalue weighted by atomic mass is 15.3. The Kier molecular flexibility index (Phi) is 4.26. The van der Waals surface area contributed by atoms with Gasteiger partial charge in [-0.05, 0) is 20.3 Å². The molecule has 1 saturated heterocycles. The lowest BCUT2D eigenvalue weighted by Gasteiger charge is -2.39. The van der Waals surface area contributed by atoms with Gasteiger partial charge >= 0.3 is 0 Å². The standard InChI is InChI=1S/C11H23N3/c1-4-5-13-6-7-14(10(2)3)9-11(13)8-12/h8,10H,4-7,9,12H2,1-3H3/b11-8-. The fourth-order valence-corrected chi connectivity index (χ4v) is 1.90. The van der Waals surface area contributed by atoms with Crippen LogP contribution in [0, 0.1) is 0 Å². The summed E-state index contributed by atoms with van der Waals surface area (Å²) in [6, 6.07) is 0.619. The van der Waals surface area contributed by atoms with Crippen LogP contribution in [0.1, 0.15) is 27.2 Å². The van der Waals surface area contributed by atoms with Crippen LogP contribution in [0.15, 0.2) is 11.9 Å². The number of hydrogen-bond donors (Lipinski definition) is 1. The SMILES string of the molecule is CCCN1CCN(C(C)C)C/C1=C/N. The van der Waals surface area contributed by atoms with Crippen LogP contribution in [0.25, 0.3) is 0 Å². The molecule has 14 heavy (non-hydrogen) atoms. The van der Waals surface area contributed by atoms with Gasteiger partial charge in [-0.2, -0.15) is 0 Å². The van der Waals surface area contributed by atoms with E-state index in [1.54, 1.807) is 6.20 Å². The average molecular weight is 197 g/mol. The second kappa shape index (κ2) is 5.25.